The zero-order chi connectivity index (χ0) is 0. The van der Waals surface area contributed by atoms with Gasteiger partial charge >= 0.3 is 154 Å². The van der Waals surface area contributed by atoms with Crippen LogP contribution in [0, 0.1) is 0 Å². The van der Waals surface area contributed by atoms with Crippen molar-refractivity contribution in [2.24, 2.45) is 0 Å². The molecule has 0 atom stereocenters. The Morgan fingerprint density at radius 3 is 0.500 bits per heavy atom. The molecule has 0 aromatic carbocycles. The molecule has 0 aliphatic carbocycles. The van der Waals surface area contributed by atoms with Crippen LogP contribution in [0.4, 0.5) is 0 Å². The van der Waals surface area contributed by atoms with Gasteiger partial charge in [0.2, 0.25) is 0 Å². The monoisotopic (exact) mass is 365 g/mol. The minimum atomic E-state index is 0. The minimum absolute atomic E-state index is 0. The first-order valence-electron chi connectivity index (χ1n) is 0. The van der Waals surface area contributed by atoms with Gasteiger partial charge in [-0.15, -0.1) is 0 Å². The summed E-state index contributed by atoms with van der Waals surface area (Å²) in [5.41, 5.74) is 0. The molecule has 8 heavy (non-hydrogen) atoms. The van der Waals surface area contributed by atoms with E-state index in [0.717, 1.165) is 0 Å². The summed E-state index contributed by atoms with van der Waals surface area (Å²) < 4.78 is 0. The van der Waals surface area contributed by atoms with Crippen molar-refractivity contribution in [3.05, 3.63) is 18.5 Å². The molecule has 0 heterocycles. The Kier molecular flexibility index (Phi) is 533. The predicted molar refractivity (Wildman–Crippen MR) is 44.4 cm³/mol. The van der Waals surface area contributed by atoms with Crippen LogP contribution in [-0.2, 0) is 0 Å². The number of nitrogens with zero attached hydrogens (tertiary/aromatic N) is 3. The van der Waals surface area contributed by atoms with Gasteiger partial charge in [-0.3, -0.25) is 0 Å². The van der Waals surface area contributed by atoms with Gasteiger partial charge in [-0.1, -0.05) is 0 Å². The fraction of sp³-hybridized carbons (Fsp3) is 0. The van der Waals surface area contributed by atoms with Crippen LogP contribution in [-0.4, -0.2) is 165 Å². The van der Waals surface area contributed by atoms with Crippen molar-refractivity contribution in [3.63, 3.8) is 0 Å². The average molecular weight is 364 g/mol. The summed E-state index contributed by atoms with van der Waals surface area (Å²) in [5, 5.41) is 0. The van der Waals surface area contributed by atoms with Crippen LogP contribution in [0.1, 0.15) is 0 Å². The molecule has 0 saturated heterocycles. The largest absolute Gasteiger partial charge is 3.00 e. The Bertz CT molecular complexity index is 14.5. The van der Waals surface area contributed by atoms with Gasteiger partial charge in [0.05, 0.1) is 0 Å². The van der Waals surface area contributed by atoms with E-state index in [1.54, 1.807) is 0 Å². The molecule has 0 saturated carbocycles. The third-order valence-corrected chi connectivity index (χ3v) is 0. The first-order chi connectivity index (χ1) is 0. The van der Waals surface area contributed by atoms with Crippen LogP contribution in [0.3, 0.4) is 0 Å². The minimum Gasteiger partial charge on any atom is -3.00 e. The van der Waals surface area contributed by atoms with Crippen LogP contribution in [0.2, 0.25) is 0 Å². The van der Waals surface area contributed by atoms with Gasteiger partial charge in [-0.2, -0.15) is 0 Å². The maximum atomic E-state index is 0. The molecule has 0 rings (SSSR count). The van der Waals surface area contributed by atoms with Crippen molar-refractivity contribution in [1.82, 2.24) is 0 Å². The zero-order valence-corrected chi connectivity index (χ0v) is 15.6. The molecule has 0 spiro atoms. The SMILES string of the molecule is [Al+3].[N-3].[N-3].[N-3].[SiH4].[Sr+2].[Sr+2].[Sr+2]. The molecule has 0 N–H and O–H groups in total. The summed E-state index contributed by atoms with van der Waals surface area (Å²) in [7, 11) is 0. The van der Waals surface area contributed by atoms with Gasteiger partial charge in [-0.05, 0) is 11.0 Å². The summed E-state index contributed by atoms with van der Waals surface area (Å²) in [5.74, 6) is 0. The summed E-state index contributed by atoms with van der Waals surface area (Å²) in [6, 6.07) is 0. The van der Waals surface area contributed by atoms with Crippen LogP contribution in [0.5, 0.6) is 0 Å². The van der Waals surface area contributed by atoms with Crippen molar-refractivity contribution in [2.45, 2.75) is 0 Å². The molecule has 0 fully saturated rings. The maximum Gasteiger partial charge on any atom is 3.00 e. The van der Waals surface area contributed by atoms with Gasteiger partial charge in [0.1, 0.15) is 0 Å². The van der Waals surface area contributed by atoms with E-state index < -0.39 is 0 Å². The van der Waals surface area contributed by atoms with Crippen LogP contribution in [0.15, 0.2) is 0 Å². The van der Waals surface area contributed by atoms with Crippen molar-refractivity contribution < 1.29 is 0 Å². The number of hydrogen-bond acceptors (Lipinski definition) is 0. The fourth-order valence-corrected chi connectivity index (χ4v) is 0. The second kappa shape index (κ2) is 57.5. The predicted octanol–water partition coefficient (Wildman–Crippen LogP) is -2.11. The summed E-state index contributed by atoms with van der Waals surface area (Å²) in [6.45, 7) is 0. The fourth-order valence-electron chi connectivity index (χ4n) is 0. The van der Waals surface area contributed by atoms with Crippen LogP contribution in [0.25, 0.3) is 18.5 Å². The van der Waals surface area contributed by atoms with Gasteiger partial charge in [0, 0.05) is 0 Å². The van der Waals surface area contributed by atoms with E-state index in [9.17, 15) is 0 Å². The quantitative estimate of drug-likeness (QED) is 0.441. The van der Waals surface area contributed by atoms with E-state index in [-0.39, 0.29) is 183 Å². The van der Waals surface area contributed by atoms with E-state index in [1.807, 2.05) is 0 Å². The maximum absolute atomic E-state index is 0. The first kappa shape index (κ1) is 74.1. The summed E-state index contributed by atoms with van der Waals surface area (Å²) in [4.78, 5) is 0. The Balaban J connectivity index is 0. The molecular weight excluding hydrogens is 360 g/mol. The van der Waals surface area contributed by atoms with Crippen molar-refractivity contribution in [2.75, 3.05) is 0 Å². The van der Waals surface area contributed by atoms with Crippen molar-refractivity contribution >= 4 is 165 Å². The van der Waals surface area contributed by atoms with Crippen LogP contribution >= 0.6 is 0 Å². The van der Waals surface area contributed by atoms with Gasteiger partial charge in [-0.25, -0.2) is 0 Å². The number of rotatable bonds is 0. The second-order valence-corrected chi connectivity index (χ2v) is 0. The molecule has 3 nitrogen and oxygen atoms in total. The van der Waals surface area contributed by atoms with Gasteiger partial charge in [0.15, 0.2) is 0 Å². The third-order valence-electron chi connectivity index (χ3n) is 0. The molecule has 0 radical (unpaired) electrons. The van der Waals surface area contributed by atoms with E-state index in [1.165, 1.54) is 0 Å². The average Bonchev–Trinajstić information content (AvgIpc) is 0. The number of hydrogen-bond donors (Lipinski definition) is 0. The molecule has 0 aromatic rings. The molecular formula is H4AlN3SiSr3. The normalized spacial score (nSPS) is 0. The standard InChI is InChI=1S/Al.3N.H4Si.3Sr/h;;;;1H4;;;/q+3;3*-3;;3*+2. The molecule has 0 aliphatic rings. The smallest absolute Gasteiger partial charge is 3.00 e. The summed E-state index contributed by atoms with van der Waals surface area (Å²) >= 11 is 0. The second-order valence-electron chi connectivity index (χ2n) is 0. The summed E-state index contributed by atoms with van der Waals surface area (Å²) in [6.07, 6.45) is 0. The van der Waals surface area contributed by atoms with Gasteiger partial charge < -0.3 is 18.5 Å². The van der Waals surface area contributed by atoms with E-state index in [2.05, 4.69) is 0 Å². The topological polar surface area (TPSA) is 91.5 Å². The molecule has 0 bridgehead atoms. The Hall–Kier alpha value is 5.07. The van der Waals surface area contributed by atoms with Crippen molar-refractivity contribution in [3.8, 4) is 0 Å². The van der Waals surface area contributed by atoms with E-state index >= 15 is 0 Å². The molecule has 0 unspecified atom stereocenters. The third kappa shape index (κ3) is 43.7. The molecule has 0 aromatic heterocycles. The molecule has 8 heteroatoms. The van der Waals surface area contributed by atoms with Gasteiger partial charge in [0.25, 0.3) is 0 Å². The van der Waals surface area contributed by atoms with Crippen molar-refractivity contribution in [1.29, 1.82) is 0 Å². The van der Waals surface area contributed by atoms with Crippen LogP contribution < -0.4 is 0 Å². The van der Waals surface area contributed by atoms with E-state index in [0.29, 0.717) is 0 Å². The Labute approximate surface area is 178 Å². The Morgan fingerprint density at radius 2 is 0.500 bits per heavy atom. The molecule has 0 aliphatic heterocycles. The van der Waals surface area contributed by atoms with E-state index in [4.69, 9.17) is 0 Å². The Morgan fingerprint density at radius 1 is 0.500 bits per heavy atom. The first-order valence-corrected chi connectivity index (χ1v) is 0. The zero-order valence-electron chi connectivity index (χ0n) is 4.04. The molecule has 0 amide bonds. The molecule has 32 valence electrons.